The van der Waals surface area contributed by atoms with Crippen LogP contribution in [0.5, 0.6) is 0 Å². The molecule has 0 atom stereocenters. The van der Waals surface area contributed by atoms with E-state index in [1.54, 1.807) is 0 Å². The van der Waals surface area contributed by atoms with Crippen molar-refractivity contribution in [3.8, 4) is 0 Å². The van der Waals surface area contributed by atoms with E-state index in [0.717, 1.165) is 0 Å². The third-order valence-electron chi connectivity index (χ3n) is 1.84. The van der Waals surface area contributed by atoms with Crippen LogP contribution >= 0.6 is 27.5 Å². The Morgan fingerprint density at radius 2 is 2.06 bits per heavy atom. The Morgan fingerprint density at radius 3 is 2.61 bits per heavy atom. The van der Waals surface area contributed by atoms with E-state index >= 15 is 0 Å². The second-order valence-corrected chi connectivity index (χ2v) is 4.92. The van der Waals surface area contributed by atoms with E-state index in [9.17, 15) is 9.59 Å². The number of urea groups is 1. The Morgan fingerprint density at radius 1 is 1.39 bits per heavy atom. The molecule has 0 fully saturated rings. The van der Waals surface area contributed by atoms with Crippen LogP contribution in [0.15, 0.2) is 29.3 Å². The fourth-order valence-electron chi connectivity index (χ4n) is 1.14. The number of hydrogen-bond acceptors (Lipinski definition) is 2. The molecule has 3 N–H and O–H groups in total. The number of carbonyl (C=O) groups is 2. The Bertz CT molecular complexity index is 505. The van der Waals surface area contributed by atoms with Crippen molar-refractivity contribution in [2.24, 2.45) is 0 Å². The Hall–Kier alpha value is -1.53. The molecule has 0 heterocycles. The summed E-state index contributed by atoms with van der Waals surface area (Å²) in [5, 5.41) is 14.1. The van der Waals surface area contributed by atoms with Gasteiger partial charge in [-0.15, -0.1) is 0 Å². The minimum absolute atomic E-state index is 0.00250. The molecule has 1 aromatic rings. The van der Waals surface area contributed by atoms with Crippen LogP contribution in [0.2, 0.25) is 5.02 Å². The lowest BCUT2D eigenvalue weighted by Crippen LogP contribution is -2.29. The first-order valence-corrected chi connectivity index (χ1v) is 5.97. The third-order valence-corrected chi connectivity index (χ3v) is 2.34. The van der Waals surface area contributed by atoms with Gasteiger partial charge in [0, 0.05) is 15.2 Å². The molecule has 0 aromatic heterocycles. The second-order valence-electron chi connectivity index (χ2n) is 3.36. The molecule has 0 saturated carbocycles. The van der Waals surface area contributed by atoms with Gasteiger partial charge < -0.3 is 15.7 Å². The molecule has 0 unspecified atom stereocenters. The fourth-order valence-corrected chi connectivity index (χ4v) is 1.51. The molecule has 0 radical (unpaired) electrons. The molecule has 0 spiro atoms. The van der Waals surface area contributed by atoms with Crippen molar-refractivity contribution in [1.29, 1.82) is 0 Å². The maximum atomic E-state index is 11.4. The lowest BCUT2D eigenvalue weighted by Gasteiger charge is -2.08. The van der Waals surface area contributed by atoms with E-state index in [0.29, 0.717) is 10.2 Å². The van der Waals surface area contributed by atoms with E-state index in [2.05, 4.69) is 33.1 Å². The number of aromatic carboxylic acids is 1. The minimum atomic E-state index is -1.12. The van der Waals surface area contributed by atoms with Gasteiger partial charge in [-0.25, -0.2) is 9.59 Å². The van der Waals surface area contributed by atoms with Crippen molar-refractivity contribution in [3.63, 3.8) is 0 Å². The summed E-state index contributed by atoms with van der Waals surface area (Å²) in [5.74, 6) is -1.12. The van der Waals surface area contributed by atoms with Gasteiger partial charge in [0.25, 0.3) is 0 Å². The SMILES string of the molecule is C=C(Br)CNC(=O)Nc1cc(Cl)cc(C(=O)O)c1. The lowest BCUT2D eigenvalue weighted by molar-refractivity contribution is 0.0697. The van der Waals surface area contributed by atoms with E-state index in [4.69, 9.17) is 16.7 Å². The minimum Gasteiger partial charge on any atom is -0.478 e. The van der Waals surface area contributed by atoms with Gasteiger partial charge in [0.2, 0.25) is 0 Å². The summed E-state index contributed by atoms with van der Waals surface area (Å²) in [6, 6.07) is 3.59. The number of rotatable bonds is 4. The monoisotopic (exact) mass is 332 g/mol. The first-order valence-electron chi connectivity index (χ1n) is 4.80. The number of anilines is 1. The molecule has 0 aliphatic rings. The molecule has 2 amide bonds. The van der Waals surface area contributed by atoms with E-state index < -0.39 is 12.0 Å². The summed E-state index contributed by atoms with van der Waals surface area (Å²) in [5.41, 5.74) is 0.306. The van der Waals surface area contributed by atoms with E-state index in [1.807, 2.05) is 0 Å². The summed E-state index contributed by atoms with van der Waals surface area (Å²) in [7, 11) is 0. The molecule has 18 heavy (non-hydrogen) atoms. The number of carboxylic acids is 1. The van der Waals surface area contributed by atoms with Crippen LogP contribution in [0, 0.1) is 0 Å². The predicted octanol–water partition coefficient (Wildman–Crippen LogP) is 3.07. The van der Waals surface area contributed by atoms with Gasteiger partial charge in [-0.1, -0.05) is 34.1 Å². The van der Waals surface area contributed by atoms with Crippen LogP contribution in [-0.2, 0) is 0 Å². The molecule has 5 nitrogen and oxygen atoms in total. The summed E-state index contributed by atoms with van der Waals surface area (Å²) in [4.78, 5) is 22.2. The molecule has 0 bridgehead atoms. The molecular weight excluding hydrogens is 323 g/mol. The zero-order valence-corrected chi connectivity index (χ0v) is 11.5. The van der Waals surface area contributed by atoms with Gasteiger partial charge >= 0.3 is 12.0 Å². The maximum absolute atomic E-state index is 11.4. The fraction of sp³-hybridized carbons (Fsp3) is 0.0909. The van der Waals surface area contributed by atoms with Crippen LogP contribution < -0.4 is 10.6 Å². The number of amides is 2. The smallest absolute Gasteiger partial charge is 0.335 e. The Labute approximate surface area is 117 Å². The molecule has 0 aliphatic carbocycles. The number of carbonyl (C=O) groups excluding carboxylic acids is 1. The van der Waals surface area contributed by atoms with Crippen LogP contribution in [0.3, 0.4) is 0 Å². The number of halogens is 2. The number of carboxylic acid groups (broad SMARTS) is 1. The van der Waals surface area contributed by atoms with Gasteiger partial charge in [0.05, 0.1) is 12.1 Å². The molecule has 1 rings (SSSR count). The highest BCUT2D eigenvalue weighted by molar-refractivity contribution is 9.11. The molecular formula is C11H10BrClN2O3. The first-order chi connectivity index (χ1) is 8.38. The molecule has 7 heteroatoms. The average Bonchev–Trinajstić information content (AvgIpc) is 2.25. The van der Waals surface area contributed by atoms with Crippen molar-refractivity contribution in [2.75, 3.05) is 11.9 Å². The lowest BCUT2D eigenvalue weighted by atomic mass is 10.2. The van der Waals surface area contributed by atoms with Gasteiger partial charge in [-0.3, -0.25) is 0 Å². The summed E-state index contributed by atoms with van der Waals surface area (Å²) < 4.78 is 0.620. The molecule has 96 valence electrons. The van der Waals surface area contributed by atoms with Gasteiger partial charge in [-0.2, -0.15) is 0 Å². The summed E-state index contributed by atoms with van der Waals surface area (Å²) in [6.07, 6.45) is 0. The molecule has 0 aliphatic heterocycles. The van der Waals surface area contributed by atoms with Crippen LogP contribution in [-0.4, -0.2) is 23.7 Å². The average molecular weight is 334 g/mol. The zero-order chi connectivity index (χ0) is 13.7. The molecule has 1 aromatic carbocycles. The zero-order valence-electron chi connectivity index (χ0n) is 9.17. The van der Waals surface area contributed by atoms with Gasteiger partial charge in [-0.05, 0) is 18.2 Å². The predicted molar refractivity (Wildman–Crippen MR) is 73.5 cm³/mol. The summed E-state index contributed by atoms with van der Waals surface area (Å²) in [6.45, 7) is 3.82. The van der Waals surface area contributed by atoms with Crippen molar-refractivity contribution in [3.05, 3.63) is 39.8 Å². The number of hydrogen-bond donors (Lipinski definition) is 3. The van der Waals surface area contributed by atoms with Crippen molar-refractivity contribution >= 4 is 45.2 Å². The van der Waals surface area contributed by atoms with Crippen LogP contribution in [0.25, 0.3) is 0 Å². The van der Waals surface area contributed by atoms with Crippen molar-refractivity contribution < 1.29 is 14.7 Å². The highest BCUT2D eigenvalue weighted by Crippen LogP contribution is 2.19. The standard InChI is InChI=1S/C11H10BrClN2O3/c1-6(12)5-14-11(18)15-9-3-7(10(16)17)2-8(13)4-9/h2-4H,1,5H2,(H,16,17)(H2,14,15,18). The Balaban J connectivity index is 2.75. The number of benzene rings is 1. The Kier molecular flexibility index (Phi) is 5.18. The second kappa shape index (κ2) is 6.42. The van der Waals surface area contributed by atoms with Crippen LogP contribution in [0.4, 0.5) is 10.5 Å². The molecule has 0 saturated heterocycles. The summed E-state index contributed by atoms with van der Waals surface area (Å²) >= 11 is 8.84. The quantitative estimate of drug-likeness (QED) is 0.792. The number of nitrogens with one attached hydrogen (secondary N) is 2. The van der Waals surface area contributed by atoms with Crippen molar-refractivity contribution in [2.45, 2.75) is 0 Å². The topological polar surface area (TPSA) is 78.4 Å². The highest BCUT2D eigenvalue weighted by Gasteiger charge is 2.08. The largest absolute Gasteiger partial charge is 0.478 e. The van der Waals surface area contributed by atoms with Crippen LogP contribution in [0.1, 0.15) is 10.4 Å². The van der Waals surface area contributed by atoms with E-state index in [-0.39, 0.29) is 17.1 Å². The maximum Gasteiger partial charge on any atom is 0.335 e. The third kappa shape index (κ3) is 4.77. The van der Waals surface area contributed by atoms with Crippen molar-refractivity contribution in [1.82, 2.24) is 5.32 Å². The van der Waals surface area contributed by atoms with Gasteiger partial charge in [0.15, 0.2) is 0 Å². The normalized spacial score (nSPS) is 9.67. The highest BCUT2D eigenvalue weighted by atomic mass is 79.9. The van der Waals surface area contributed by atoms with Gasteiger partial charge in [0.1, 0.15) is 0 Å². The van der Waals surface area contributed by atoms with E-state index in [1.165, 1.54) is 18.2 Å². The first kappa shape index (κ1) is 14.5.